The van der Waals surface area contributed by atoms with Crippen LogP contribution in [0.2, 0.25) is 0 Å². The molecule has 0 aromatic heterocycles. The number of carbonyl (C=O) groups is 2. The highest BCUT2D eigenvalue weighted by Crippen LogP contribution is 2.20. The first-order valence-corrected chi connectivity index (χ1v) is 6.91. The summed E-state index contributed by atoms with van der Waals surface area (Å²) in [7, 11) is 0. The van der Waals surface area contributed by atoms with Crippen molar-refractivity contribution >= 4 is 23.4 Å². The van der Waals surface area contributed by atoms with E-state index in [-0.39, 0.29) is 30.2 Å². The summed E-state index contributed by atoms with van der Waals surface area (Å²) in [6.45, 7) is 3.00. The summed E-state index contributed by atoms with van der Waals surface area (Å²) < 4.78 is 5.31. The summed E-state index contributed by atoms with van der Waals surface area (Å²) in [5, 5.41) is 2.92. The van der Waals surface area contributed by atoms with E-state index in [0.29, 0.717) is 19.2 Å². The van der Waals surface area contributed by atoms with Gasteiger partial charge in [-0.15, -0.1) is 11.6 Å². The van der Waals surface area contributed by atoms with E-state index in [1.165, 1.54) is 0 Å². The Morgan fingerprint density at radius 2 is 2.22 bits per heavy atom. The number of carbonyl (C=O) groups excluding carboxylic acids is 2. The third kappa shape index (κ3) is 3.14. The number of nitrogens with one attached hydrogen (secondary N) is 1. The van der Waals surface area contributed by atoms with Crippen LogP contribution in [0.5, 0.6) is 0 Å². The number of halogens is 1. The molecule has 1 aliphatic carbocycles. The molecule has 1 aliphatic heterocycles. The van der Waals surface area contributed by atoms with Crippen LogP contribution in [0.1, 0.15) is 19.8 Å². The van der Waals surface area contributed by atoms with Crippen molar-refractivity contribution in [2.24, 2.45) is 5.92 Å². The van der Waals surface area contributed by atoms with Crippen molar-refractivity contribution in [3.8, 4) is 0 Å². The zero-order valence-corrected chi connectivity index (χ0v) is 11.3. The standard InChI is InChI=1S/C12H19ClN2O3/c1-8(6-13)12(17)15-4-5-18-7-10(15)11(16)14-9-2-3-9/h8-10H,2-7H2,1H3,(H,14,16). The highest BCUT2D eigenvalue weighted by molar-refractivity contribution is 6.19. The molecule has 0 radical (unpaired) electrons. The van der Waals surface area contributed by atoms with Gasteiger partial charge in [-0.3, -0.25) is 9.59 Å². The molecule has 102 valence electrons. The van der Waals surface area contributed by atoms with E-state index in [4.69, 9.17) is 16.3 Å². The van der Waals surface area contributed by atoms with Gasteiger partial charge in [-0.05, 0) is 12.8 Å². The third-order valence-corrected chi connectivity index (χ3v) is 3.75. The molecule has 2 atom stereocenters. The predicted molar refractivity (Wildman–Crippen MR) is 67.4 cm³/mol. The molecule has 0 spiro atoms. The van der Waals surface area contributed by atoms with Crippen LogP contribution in [0.15, 0.2) is 0 Å². The molecule has 18 heavy (non-hydrogen) atoms. The summed E-state index contributed by atoms with van der Waals surface area (Å²) in [5.41, 5.74) is 0. The molecular weight excluding hydrogens is 256 g/mol. The van der Waals surface area contributed by atoms with Gasteiger partial charge in [0, 0.05) is 24.4 Å². The normalized spacial score (nSPS) is 25.7. The van der Waals surface area contributed by atoms with Gasteiger partial charge in [0.1, 0.15) is 6.04 Å². The lowest BCUT2D eigenvalue weighted by molar-refractivity contribution is -0.150. The van der Waals surface area contributed by atoms with E-state index in [0.717, 1.165) is 12.8 Å². The van der Waals surface area contributed by atoms with E-state index >= 15 is 0 Å². The van der Waals surface area contributed by atoms with E-state index in [9.17, 15) is 9.59 Å². The zero-order valence-electron chi connectivity index (χ0n) is 10.5. The fourth-order valence-corrected chi connectivity index (χ4v) is 2.09. The second-order valence-electron chi connectivity index (χ2n) is 4.96. The Kier molecular flexibility index (Phi) is 4.45. The largest absolute Gasteiger partial charge is 0.377 e. The summed E-state index contributed by atoms with van der Waals surface area (Å²) in [6, 6.07) is -0.209. The smallest absolute Gasteiger partial charge is 0.245 e. The van der Waals surface area contributed by atoms with Crippen LogP contribution in [0.4, 0.5) is 0 Å². The lowest BCUT2D eigenvalue weighted by Gasteiger charge is -2.35. The summed E-state index contributed by atoms with van der Waals surface area (Å²) in [6.07, 6.45) is 2.07. The average Bonchev–Trinajstić information content (AvgIpc) is 3.20. The Bertz CT molecular complexity index is 333. The Morgan fingerprint density at radius 3 is 2.83 bits per heavy atom. The van der Waals surface area contributed by atoms with Crippen LogP contribution in [0.3, 0.4) is 0 Å². The number of nitrogens with zero attached hydrogens (tertiary/aromatic N) is 1. The van der Waals surface area contributed by atoms with Crippen LogP contribution >= 0.6 is 11.6 Å². The highest BCUT2D eigenvalue weighted by atomic mass is 35.5. The van der Waals surface area contributed by atoms with E-state index in [2.05, 4.69) is 5.32 Å². The van der Waals surface area contributed by atoms with Gasteiger partial charge in [0.25, 0.3) is 0 Å². The van der Waals surface area contributed by atoms with Gasteiger partial charge < -0.3 is 15.0 Å². The van der Waals surface area contributed by atoms with Crippen molar-refractivity contribution in [1.29, 1.82) is 0 Å². The second kappa shape index (κ2) is 5.89. The first-order valence-electron chi connectivity index (χ1n) is 6.38. The lowest BCUT2D eigenvalue weighted by atomic mass is 10.1. The topological polar surface area (TPSA) is 58.6 Å². The molecule has 2 unspecified atom stereocenters. The quantitative estimate of drug-likeness (QED) is 0.754. The molecule has 0 bridgehead atoms. The fraction of sp³-hybridized carbons (Fsp3) is 0.833. The minimum atomic E-state index is -0.502. The molecule has 0 aromatic carbocycles. The monoisotopic (exact) mass is 274 g/mol. The Hall–Kier alpha value is -0.810. The van der Waals surface area contributed by atoms with Gasteiger partial charge in [0.2, 0.25) is 11.8 Å². The van der Waals surface area contributed by atoms with Crippen LogP contribution < -0.4 is 5.32 Å². The van der Waals surface area contributed by atoms with Crippen LogP contribution in [-0.4, -0.2) is 54.4 Å². The summed E-state index contributed by atoms with van der Waals surface area (Å²) in [4.78, 5) is 25.8. The Labute approximate surface area is 112 Å². The van der Waals surface area contributed by atoms with Crippen molar-refractivity contribution < 1.29 is 14.3 Å². The van der Waals surface area contributed by atoms with Gasteiger partial charge in [-0.1, -0.05) is 6.92 Å². The Balaban J connectivity index is 1.99. The van der Waals surface area contributed by atoms with Crippen molar-refractivity contribution in [2.45, 2.75) is 31.8 Å². The number of alkyl halides is 1. The molecule has 1 N–H and O–H groups in total. The summed E-state index contributed by atoms with van der Waals surface area (Å²) in [5.74, 6) is -0.162. The molecule has 1 heterocycles. The Morgan fingerprint density at radius 1 is 1.50 bits per heavy atom. The molecule has 0 aromatic rings. The van der Waals surface area contributed by atoms with E-state index in [1.54, 1.807) is 11.8 Å². The van der Waals surface area contributed by atoms with Crippen molar-refractivity contribution in [3.63, 3.8) is 0 Å². The number of hydrogen-bond acceptors (Lipinski definition) is 3. The number of hydrogen-bond donors (Lipinski definition) is 1. The van der Waals surface area contributed by atoms with E-state index < -0.39 is 6.04 Å². The molecular formula is C12H19ClN2O3. The molecule has 1 saturated heterocycles. The van der Waals surface area contributed by atoms with Gasteiger partial charge in [-0.2, -0.15) is 0 Å². The summed E-state index contributed by atoms with van der Waals surface area (Å²) >= 11 is 5.71. The molecule has 6 heteroatoms. The van der Waals surface area contributed by atoms with Crippen molar-refractivity contribution in [3.05, 3.63) is 0 Å². The van der Waals surface area contributed by atoms with Gasteiger partial charge >= 0.3 is 0 Å². The molecule has 5 nitrogen and oxygen atoms in total. The molecule has 2 rings (SSSR count). The molecule has 1 saturated carbocycles. The van der Waals surface area contributed by atoms with Crippen LogP contribution in [-0.2, 0) is 14.3 Å². The van der Waals surface area contributed by atoms with Crippen molar-refractivity contribution in [1.82, 2.24) is 10.2 Å². The van der Waals surface area contributed by atoms with Crippen LogP contribution in [0.25, 0.3) is 0 Å². The third-order valence-electron chi connectivity index (χ3n) is 3.29. The van der Waals surface area contributed by atoms with Crippen molar-refractivity contribution in [2.75, 3.05) is 25.6 Å². The lowest BCUT2D eigenvalue weighted by Crippen LogP contribution is -2.57. The SMILES string of the molecule is CC(CCl)C(=O)N1CCOCC1C(=O)NC1CC1. The van der Waals surface area contributed by atoms with Gasteiger partial charge in [0.05, 0.1) is 13.2 Å². The molecule has 2 fully saturated rings. The first-order chi connectivity index (χ1) is 8.63. The first kappa shape index (κ1) is 13.6. The fourth-order valence-electron chi connectivity index (χ4n) is 1.96. The maximum Gasteiger partial charge on any atom is 0.245 e. The second-order valence-corrected chi connectivity index (χ2v) is 5.27. The molecule has 2 aliphatic rings. The number of amides is 2. The minimum Gasteiger partial charge on any atom is -0.377 e. The number of rotatable bonds is 4. The highest BCUT2D eigenvalue weighted by Gasteiger charge is 2.36. The zero-order chi connectivity index (χ0) is 13.1. The minimum absolute atomic E-state index is 0.0655. The van der Waals surface area contributed by atoms with E-state index in [1.807, 2.05) is 0 Å². The average molecular weight is 275 g/mol. The van der Waals surface area contributed by atoms with Gasteiger partial charge in [0.15, 0.2) is 0 Å². The van der Waals surface area contributed by atoms with Gasteiger partial charge in [-0.25, -0.2) is 0 Å². The number of morpholine rings is 1. The maximum atomic E-state index is 12.2. The predicted octanol–water partition coefficient (Wildman–Crippen LogP) is 0.367. The molecule has 2 amide bonds. The maximum absolute atomic E-state index is 12.2. The van der Waals surface area contributed by atoms with Crippen LogP contribution in [0, 0.1) is 5.92 Å². The number of ether oxygens (including phenoxy) is 1.